The topological polar surface area (TPSA) is 73.9 Å². The normalized spacial score (nSPS) is 11.6. The second kappa shape index (κ2) is 5.41. The monoisotopic (exact) mass is 284 g/mol. The molecule has 0 saturated heterocycles. The number of aromatic nitrogens is 3. The molecule has 0 bridgehead atoms. The number of nitrogen functional groups attached to an aromatic ring is 1. The molecule has 0 aliphatic heterocycles. The van der Waals surface area contributed by atoms with Gasteiger partial charge in [0.15, 0.2) is 5.82 Å². The molecule has 0 radical (unpaired) electrons. The zero-order valence-corrected chi connectivity index (χ0v) is 10.5. The van der Waals surface area contributed by atoms with Crippen LogP contribution in [0, 0.1) is 0 Å². The maximum atomic E-state index is 13.0. The van der Waals surface area contributed by atoms with Gasteiger partial charge in [0.1, 0.15) is 12.4 Å². The number of anilines is 1. The maximum absolute atomic E-state index is 13.0. The molecular weight excluding hydrogens is 273 g/mol. The van der Waals surface area contributed by atoms with Gasteiger partial charge >= 0.3 is 6.18 Å². The number of ether oxygens (including phenoxy) is 1. The minimum atomic E-state index is -4.50. The first kappa shape index (κ1) is 14.2. The Morgan fingerprint density at radius 2 is 2.05 bits per heavy atom. The van der Waals surface area contributed by atoms with Gasteiger partial charge in [-0.1, -0.05) is 0 Å². The lowest BCUT2D eigenvalue weighted by molar-refractivity contribution is -0.137. The van der Waals surface area contributed by atoms with E-state index in [2.05, 4.69) is 15.0 Å². The molecule has 2 aromatic rings. The highest BCUT2D eigenvalue weighted by molar-refractivity contribution is 5.65. The Hall–Kier alpha value is -2.22. The van der Waals surface area contributed by atoms with E-state index < -0.39 is 11.7 Å². The number of halogens is 3. The van der Waals surface area contributed by atoms with E-state index in [0.717, 1.165) is 18.5 Å². The highest BCUT2D eigenvalue weighted by atomic mass is 19.4. The molecule has 8 heteroatoms. The first-order valence-electron chi connectivity index (χ1n) is 5.55. The summed E-state index contributed by atoms with van der Waals surface area (Å²) in [7, 11) is 1.43. The van der Waals surface area contributed by atoms with Crippen molar-refractivity contribution in [1.29, 1.82) is 0 Å². The van der Waals surface area contributed by atoms with Crippen LogP contribution in [0.15, 0.2) is 24.5 Å². The quantitative estimate of drug-likeness (QED) is 0.936. The second-order valence-corrected chi connectivity index (χ2v) is 3.95. The zero-order valence-electron chi connectivity index (χ0n) is 10.5. The zero-order chi connectivity index (χ0) is 14.8. The summed E-state index contributed by atoms with van der Waals surface area (Å²) in [5.41, 5.74) is 4.67. The Morgan fingerprint density at radius 1 is 1.30 bits per heavy atom. The Bertz CT molecular complexity index is 616. The molecule has 0 unspecified atom stereocenters. The van der Waals surface area contributed by atoms with E-state index >= 15 is 0 Å². The van der Waals surface area contributed by atoms with E-state index in [9.17, 15) is 13.2 Å². The number of alkyl halides is 3. The molecule has 0 fully saturated rings. The van der Waals surface area contributed by atoms with Crippen LogP contribution in [0.4, 0.5) is 19.0 Å². The summed E-state index contributed by atoms with van der Waals surface area (Å²) in [5, 5.41) is 0. The van der Waals surface area contributed by atoms with Crippen molar-refractivity contribution < 1.29 is 17.9 Å². The fraction of sp³-hybridized carbons (Fsp3) is 0.250. The third-order valence-corrected chi connectivity index (χ3v) is 2.47. The molecule has 0 atom stereocenters. The van der Waals surface area contributed by atoms with Crippen LogP contribution in [0.25, 0.3) is 11.3 Å². The molecule has 0 spiro atoms. The lowest BCUT2D eigenvalue weighted by Crippen LogP contribution is -2.09. The summed E-state index contributed by atoms with van der Waals surface area (Å²) in [4.78, 5) is 11.6. The smallest absolute Gasteiger partial charge is 0.384 e. The number of nitrogens with two attached hydrogens (primary N) is 1. The minimum absolute atomic E-state index is 0.0552. The summed E-state index contributed by atoms with van der Waals surface area (Å²) in [6.07, 6.45) is -2.33. The molecule has 0 aliphatic carbocycles. The predicted molar refractivity (Wildman–Crippen MR) is 65.4 cm³/mol. The highest BCUT2D eigenvalue weighted by Gasteiger charge is 2.34. The second-order valence-electron chi connectivity index (χ2n) is 3.95. The van der Waals surface area contributed by atoms with Gasteiger partial charge in [0, 0.05) is 31.1 Å². The van der Waals surface area contributed by atoms with Crippen molar-refractivity contribution >= 4 is 5.82 Å². The summed E-state index contributed by atoms with van der Waals surface area (Å²) in [6.45, 7) is 0.0552. The molecule has 2 heterocycles. The number of pyridine rings is 1. The molecule has 0 aromatic carbocycles. The standard InChI is InChI=1S/C12H11F3N4O/c1-20-6-11-18-9(4-10(16)19-11)7-5-17-3-2-8(7)12(13,14)15/h2-5H,6H2,1H3,(H2,16,18,19). The van der Waals surface area contributed by atoms with E-state index in [1.54, 1.807) is 0 Å². The van der Waals surface area contributed by atoms with Gasteiger partial charge in [-0.25, -0.2) is 9.97 Å². The summed E-state index contributed by atoms with van der Waals surface area (Å²) in [5.74, 6) is 0.276. The third-order valence-electron chi connectivity index (χ3n) is 2.47. The van der Waals surface area contributed by atoms with Crippen LogP contribution in [0.3, 0.4) is 0 Å². The molecule has 0 amide bonds. The van der Waals surface area contributed by atoms with Crippen molar-refractivity contribution in [3.05, 3.63) is 35.9 Å². The number of nitrogens with zero attached hydrogens (tertiary/aromatic N) is 3. The number of hydrogen-bond donors (Lipinski definition) is 1. The maximum Gasteiger partial charge on any atom is 0.417 e. The van der Waals surface area contributed by atoms with E-state index in [-0.39, 0.29) is 29.5 Å². The van der Waals surface area contributed by atoms with Crippen LogP contribution in [0.5, 0.6) is 0 Å². The Balaban J connectivity index is 2.57. The Labute approximate surface area is 112 Å². The van der Waals surface area contributed by atoms with Crippen molar-refractivity contribution in [1.82, 2.24) is 15.0 Å². The lowest BCUT2D eigenvalue weighted by Gasteiger charge is -2.12. The number of hydrogen-bond acceptors (Lipinski definition) is 5. The predicted octanol–water partition coefficient (Wildman–Crippen LogP) is 2.29. The fourth-order valence-corrected chi connectivity index (χ4v) is 1.70. The SMILES string of the molecule is COCc1nc(N)cc(-c2cnccc2C(F)(F)F)n1. The van der Waals surface area contributed by atoms with Gasteiger partial charge in [0.05, 0.1) is 11.3 Å². The largest absolute Gasteiger partial charge is 0.417 e. The summed E-state index contributed by atoms with van der Waals surface area (Å²) >= 11 is 0. The molecule has 106 valence electrons. The highest BCUT2D eigenvalue weighted by Crippen LogP contribution is 2.36. The van der Waals surface area contributed by atoms with Crippen molar-refractivity contribution in [2.45, 2.75) is 12.8 Å². The molecule has 0 saturated carbocycles. The lowest BCUT2D eigenvalue weighted by atomic mass is 10.1. The molecule has 2 rings (SSSR count). The average Bonchev–Trinajstić information content (AvgIpc) is 2.37. The molecule has 2 aromatic heterocycles. The number of methoxy groups -OCH3 is 1. The Kier molecular flexibility index (Phi) is 3.84. The van der Waals surface area contributed by atoms with Crippen LogP contribution < -0.4 is 5.73 Å². The van der Waals surface area contributed by atoms with E-state index in [1.165, 1.54) is 13.2 Å². The van der Waals surface area contributed by atoms with Crippen LogP contribution >= 0.6 is 0 Å². The molecule has 0 aliphatic rings. The van der Waals surface area contributed by atoms with Crippen molar-refractivity contribution in [3.63, 3.8) is 0 Å². The van der Waals surface area contributed by atoms with Crippen molar-refractivity contribution in [2.75, 3.05) is 12.8 Å². The van der Waals surface area contributed by atoms with Gasteiger partial charge < -0.3 is 10.5 Å². The number of rotatable bonds is 3. The molecule has 5 nitrogen and oxygen atoms in total. The van der Waals surface area contributed by atoms with Gasteiger partial charge in [-0.15, -0.1) is 0 Å². The molecule has 2 N–H and O–H groups in total. The van der Waals surface area contributed by atoms with Crippen LogP contribution in [-0.2, 0) is 17.5 Å². The van der Waals surface area contributed by atoms with Gasteiger partial charge in [-0.05, 0) is 6.07 Å². The summed E-state index contributed by atoms with van der Waals surface area (Å²) in [6, 6.07) is 2.16. The van der Waals surface area contributed by atoms with Crippen molar-refractivity contribution in [2.24, 2.45) is 0 Å². The Morgan fingerprint density at radius 3 is 2.70 bits per heavy atom. The first-order chi connectivity index (χ1) is 9.41. The van der Waals surface area contributed by atoms with Crippen molar-refractivity contribution in [3.8, 4) is 11.3 Å². The third kappa shape index (κ3) is 3.02. The first-order valence-corrected chi connectivity index (χ1v) is 5.55. The van der Waals surface area contributed by atoms with E-state index in [1.807, 2.05) is 0 Å². The van der Waals surface area contributed by atoms with Gasteiger partial charge in [-0.2, -0.15) is 13.2 Å². The summed E-state index contributed by atoms with van der Waals surface area (Å²) < 4.78 is 43.7. The van der Waals surface area contributed by atoms with Crippen LogP contribution in [0.2, 0.25) is 0 Å². The van der Waals surface area contributed by atoms with E-state index in [0.29, 0.717) is 0 Å². The molecular formula is C12H11F3N4O. The average molecular weight is 284 g/mol. The fourth-order valence-electron chi connectivity index (χ4n) is 1.70. The van der Waals surface area contributed by atoms with Crippen LogP contribution in [0.1, 0.15) is 11.4 Å². The van der Waals surface area contributed by atoms with Crippen LogP contribution in [-0.4, -0.2) is 22.1 Å². The van der Waals surface area contributed by atoms with Gasteiger partial charge in [-0.3, -0.25) is 4.98 Å². The minimum Gasteiger partial charge on any atom is -0.384 e. The molecule has 20 heavy (non-hydrogen) atoms. The van der Waals surface area contributed by atoms with E-state index in [4.69, 9.17) is 10.5 Å². The van der Waals surface area contributed by atoms with Gasteiger partial charge in [0.25, 0.3) is 0 Å². The van der Waals surface area contributed by atoms with Gasteiger partial charge in [0.2, 0.25) is 0 Å².